The molecule has 0 aliphatic carbocycles. The van der Waals surface area contributed by atoms with Gasteiger partial charge in [0, 0.05) is 5.69 Å². The summed E-state index contributed by atoms with van der Waals surface area (Å²) in [6.45, 7) is 5.52. The molecule has 1 unspecified atom stereocenters. The number of ether oxygens (including phenoxy) is 1. The van der Waals surface area contributed by atoms with Crippen LogP contribution >= 0.6 is 11.6 Å². The van der Waals surface area contributed by atoms with E-state index in [1.807, 2.05) is 44.2 Å². The third kappa shape index (κ3) is 4.24. The van der Waals surface area contributed by atoms with Crippen molar-refractivity contribution < 1.29 is 9.53 Å². The lowest BCUT2D eigenvalue weighted by Gasteiger charge is -2.24. The highest BCUT2D eigenvalue weighted by molar-refractivity contribution is 6.32. The molecule has 0 radical (unpaired) electrons. The zero-order valence-corrected chi connectivity index (χ0v) is 14.2. The van der Waals surface area contributed by atoms with Gasteiger partial charge in [0.2, 0.25) is 5.91 Å². The van der Waals surface area contributed by atoms with E-state index in [2.05, 4.69) is 5.32 Å². The highest BCUT2D eigenvalue weighted by Gasteiger charge is 2.30. The Morgan fingerprint density at radius 1 is 1.22 bits per heavy atom. The van der Waals surface area contributed by atoms with Crippen molar-refractivity contribution in [3.05, 3.63) is 59.1 Å². The third-order valence-corrected chi connectivity index (χ3v) is 3.69. The Balaban J connectivity index is 2.15. The SMILES string of the molecule is CC(C)Oc1ccc(NC(=O)C(C)(N)c2ccccc2)cc1Cl. The second kappa shape index (κ2) is 7.02. The fourth-order valence-corrected chi connectivity index (χ4v) is 2.33. The van der Waals surface area contributed by atoms with Crippen LogP contribution in [0.2, 0.25) is 5.02 Å². The summed E-state index contributed by atoms with van der Waals surface area (Å²) in [7, 11) is 0. The number of nitrogens with one attached hydrogen (secondary N) is 1. The third-order valence-electron chi connectivity index (χ3n) is 3.40. The minimum absolute atomic E-state index is 0.0263. The van der Waals surface area contributed by atoms with Crippen LogP contribution in [0.15, 0.2) is 48.5 Å². The van der Waals surface area contributed by atoms with E-state index >= 15 is 0 Å². The fraction of sp³-hybridized carbons (Fsp3) is 0.278. The van der Waals surface area contributed by atoms with Crippen molar-refractivity contribution >= 4 is 23.2 Å². The van der Waals surface area contributed by atoms with E-state index in [-0.39, 0.29) is 12.0 Å². The van der Waals surface area contributed by atoms with Crippen LogP contribution in [0.3, 0.4) is 0 Å². The number of amides is 1. The van der Waals surface area contributed by atoms with Crippen molar-refractivity contribution in [2.45, 2.75) is 32.4 Å². The van der Waals surface area contributed by atoms with E-state index in [9.17, 15) is 4.79 Å². The number of hydrogen-bond acceptors (Lipinski definition) is 3. The van der Waals surface area contributed by atoms with Gasteiger partial charge >= 0.3 is 0 Å². The second-order valence-electron chi connectivity index (χ2n) is 5.83. The molecule has 0 saturated heterocycles. The monoisotopic (exact) mass is 332 g/mol. The Hall–Kier alpha value is -2.04. The van der Waals surface area contributed by atoms with Gasteiger partial charge in [0.15, 0.2) is 0 Å². The van der Waals surface area contributed by atoms with E-state index in [4.69, 9.17) is 22.1 Å². The number of anilines is 1. The molecule has 122 valence electrons. The Kier molecular flexibility index (Phi) is 5.29. The molecular formula is C18H21ClN2O2. The molecule has 2 rings (SSSR count). The summed E-state index contributed by atoms with van der Waals surface area (Å²) in [5.41, 5.74) is 6.37. The smallest absolute Gasteiger partial charge is 0.248 e. The molecule has 0 spiro atoms. The van der Waals surface area contributed by atoms with E-state index < -0.39 is 5.54 Å². The highest BCUT2D eigenvalue weighted by atomic mass is 35.5. The van der Waals surface area contributed by atoms with Gasteiger partial charge in [-0.2, -0.15) is 0 Å². The quantitative estimate of drug-likeness (QED) is 0.871. The van der Waals surface area contributed by atoms with Gasteiger partial charge in [0.25, 0.3) is 0 Å². The van der Waals surface area contributed by atoms with Crippen LogP contribution in [0, 0.1) is 0 Å². The molecule has 0 heterocycles. The van der Waals surface area contributed by atoms with Gasteiger partial charge in [0.05, 0.1) is 11.1 Å². The molecule has 1 atom stereocenters. The highest BCUT2D eigenvalue weighted by Crippen LogP contribution is 2.29. The largest absolute Gasteiger partial charge is 0.489 e. The van der Waals surface area contributed by atoms with Crippen LogP contribution < -0.4 is 15.8 Å². The van der Waals surface area contributed by atoms with E-state index in [1.54, 1.807) is 25.1 Å². The predicted octanol–water partition coefficient (Wildman–Crippen LogP) is 3.94. The zero-order chi connectivity index (χ0) is 17.0. The van der Waals surface area contributed by atoms with Crippen molar-refractivity contribution in [1.82, 2.24) is 0 Å². The summed E-state index contributed by atoms with van der Waals surface area (Å²) in [5, 5.41) is 3.24. The Morgan fingerprint density at radius 3 is 2.43 bits per heavy atom. The average Bonchev–Trinajstić information content (AvgIpc) is 2.50. The number of benzene rings is 2. The topological polar surface area (TPSA) is 64.3 Å². The van der Waals surface area contributed by atoms with Gasteiger partial charge in [-0.25, -0.2) is 0 Å². The first kappa shape index (κ1) is 17.3. The zero-order valence-electron chi connectivity index (χ0n) is 13.5. The molecule has 2 aromatic carbocycles. The minimum Gasteiger partial charge on any atom is -0.489 e. The van der Waals surface area contributed by atoms with Gasteiger partial charge in [-0.1, -0.05) is 41.9 Å². The first-order valence-corrected chi connectivity index (χ1v) is 7.80. The molecule has 1 amide bonds. The van der Waals surface area contributed by atoms with Crippen LogP contribution in [0.4, 0.5) is 5.69 Å². The molecule has 3 N–H and O–H groups in total. The summed E-state index contributed by atoms with van der Waals surface area (Å²) < 4.78 is 5.57. The van der Waals surface area contributed by atoms with Crippen molar-refractivity contribution in [3.63, 3.8) is 0 Å². The van der Waals surface area contributed by atoms with Crippen molar-refractivity contribution in [2.75, 3.05) is 5.32 Å². The number of halogens is 1. The van der Waals surface area contributed by atoms with E-state index in [1.165, 1.54) is 0 Å². The fourth-order valence-electron chi connectivity index (χ4n) is 2.10. The lowest BCUT2D eigenvalue weighted by atomic mass is 9.92. The second-order valence-corrected chi connectivity index (χ2v) is 6.24. The minimum atomic E-state index is -1.14. The van der Waals surface area contributed by atoms with Crippen molar-refractivity contribution in [3.8, 4) is 5.75 Å². The van der Waals surface area contributed by atoms with Gasteiger partial charge < -0.3 is 15.8 Å². The Morgan fingerprint density at radius 2 is 1.87 bits per heavy atom. The molecule has 0 aromatic heterocycles. The number of carbonyl (C=O) groups excluding carboxylic acids is 1. The lowest BCUT2D eigenvalue weighted by Crippen LogP contribution is -2.45. The number of rotatable bonds is 5. The van der Waals surface area contributed by atoms with E-state index in [0.29, 0.717) is 16.5 Å². The van der Waals surface area contributed by atoms with Gasteiger partial charge in [-0.05, 0) is 44.5 Å². The molecule has 0 aliphatic rings. The van der Waals surface area contributed by atoms with Gasteiger partial charge in [0.1, 0.15) is 11.3 Å². The Labute approximate surface area is 141 Å². The molecular weight excluding hydrogens is 312 g/mol. The normalized spacial score (nSPS) is 13.5. The van der Waals surface area contributed by atoms with Crippen molar-refractivity contribution in [2.24, 2.45) is 5.73 Å². The van der Waals surface area contributed by atoms with Crippen LogP contribution in [0.1, 0.15) is 26.3 Å². The molecule has 0 aliphatic heterocycles. The van der Waals surface area contributed by atoms with E-state index in [0.717, 1.165) is 5.56 Å². The summed E-state index contributed by atoms with van der Waals surface area (Å²) >= 11 is 6.18. The average molecular weight is 333 g/mol. The summed E-state index contributed by atoms with van der Waals surface area (Å²) in [6, 6.07) is 14.4. The maximum Gasteiger partial charge on any atom is 0.248 e. The number of hydrogen-bond donors (Lipinski definition) is 2. The summed E-state index contributed by atoms with van der Waals surface area (Å²) in [5.74, 6) is 0.274. The maximum atomic E-state index is 12.5. The van der Waals surface area contributed by atoms with Crippen molar-refractivity contribution in [1.29, 1.82) is 0 Å². The molecule has 23 heavy (non-hydrogen) atoms. The molecule has 0 bridgehead atoms. The first-order valence-electron chi connectivity index (χ1n) is 7.43. The maximum absolute atomic E-state index is 12.5. The van der Waals surface area contributed by atoms with Gasteiger partial charge in [-0.15, -0.1) is 0 Å². The molecule has 2 aromatic rings. The Bertz CT molecular complexity index is 685. The predicted molar refractivity (Wildman–Crippen MR) is 93.8 cm³/mol. The number of nitrogens with two attached hydrogens (primary N) is 1. The molecule has 4 nitrogen and oxygen atoms in total. The molecule has 5 heteroatoms. The summed E-state index contributed by atoms with van der Waals surface area (Å²) in [4.78, 5) is 12.5. The molecule has 0 fully saturated rings. The summed E-state index contributed by atoms with van der Waals surface area (Å²) in [6.07, 6.45) is 0.0263. The first-order chi connectivity index (χ1) is 10.8. The lowest BCUT2D eigenvalue weighted by molar-refractivity contribution is -0.120. The van der Waals surface area contributed by atoms with Crippen LogP contribution in [-0.4, -0.2) is 12.0 Å². The molecule has 0 saturated carbocycles. The van der Waals surface area contributed by atoms with Crippen LogP contribution in [-0.2, 0) is 10.3 Å². The van der Waals surface area contributed by atoms with Crippen LogP contribution in [0.5, 0.6) is 5.75 Å². The number of carbonyl (C=O) groups is 1. The van der Waals surface area contributed by atoms with Gasteiger partial charge in [-0.3, -0.25) is 4.79 Å². The van der Waals surface area contributed by atoms with Crippen LogP contribution in [0.25, 0.3) is 0 Å². The standard InChI is InChI=1S/C18H21ClN2O2/c1-12(2)23-16-10-9-14(11-15(16)19)21-17(22)18(3,20)13-7-5-4-6-8-13/h4-12H,20H2,1-3H3,(H,21,22).